The van der Waals surface area contributed by atoms with Crippen molar-refractivity contribution >= 4 is 18.1 Å². The van der Waals surface area contributed by atoms with Crippen molar-refractivity contribution in [2.75, 3.05) is 89.2 Å². The van der Waals surface area contributed by atoms with Crippen molar-refractivity contribution in [1.82, 2.24) is 44.9 Å². The van der Waals surface area contributed by atoms with E-state index in [1.54, 1.807) is 32.4 Å². The SMILES string of the molecule is COc1ccc(CN2CC3(CCC(c4cccc(F)c4)(N(C)C)CC3)N(CC3CCC3)C2=O)cc1.COc1ccc(CN2CC3(CCC(c4cccc(F)c4)(N(C)C)CC3)NC2=O)cc1.Cc1cccc(C2(N(C)C)CCC3(CC2)CNC(=O)N3CC2CCC2)c1. The zero-order chi connectivity index (χ0) is 64.3. The highest BCUT2D eigenvalue weighted by Crippen LogP contribution is 2.52. The quantitative estimate of drug-likeness (QED) is 0.100. The Morgan fingerprint density at radius 3 is 1.35 bits per heavy atom. The van der Waals surface area contributed by atoms with Crippen molar-refractivity contribution < 1.29 is 32.6 Å². The normalized spacial score (nSPS) is 28.3. The molecular formula is C75H101F2N9O5. The van der Waals surface area contributed by atoms with E-state index in [1.165, 1.54) is 61.8 Å². The molecule has 3 aliphatic heterocycles. The number of hydrogen-bond donors (Lipinski definition) is 2. The van der Waals surface area contributed by atoms with Crippen LogP contribution < -0.4 is 20.1 Å². The van der Waals surface area contributed by atoms with Gasteiger partial charge >= 0.3 is 18.1 Å². The molecule has 0 aromatic heterocycles. The Kier molecular flexibility index (Phi) is 19.6. The van der Waals surface area contributed by atoms with Gasteiger partial charge in [0.05, 0.1) is 30.8 Å². The molecule has 13 rings (SSSR count). The molecule has 3 saturated heterocycles. The van der Waals surface area contributed by atoms with Gasteiger partial charge in [0.2, 0.25) is 0 Å². The fourth-order valence-electron chi connectivity index (χ4n) is 16.9. The first-order valence-electron chi connectivity index (χ1n) is 33.7. The number of ether oxygens (including phenoxy) is 2. The van der Waals surface area contributed by atoms with Gasteiger partial charge in [-0.15, -0.1) is 0 Å². The second kappa shape index (κ2) is 27.1. The van der Waals surface area contributed by atoms with Crippen LogP contribution in [0.5, 0.6) is 11.5 Å². The van der Waals surface area contributed by atoms with Crippen LogP contribution in [-0.2, 0) is 29.7 Å². The lowest BCUT2D eigenvalue weighted by atomic mass is 9.68. The molecule has 0 radical (unpaired) electrons. The Bertz CT molecular complexity index is 3310. The number of aryl methyl sites for hydroxylation is 1. The summed E-state index contributed by atoms with van der Waals surface area (Å²) >= 11 is 0. The number of hydrogen-bond acceptors (Lipinski definition) is 8. The van der Waals surface area contributed by atoms with Gasteiger partial charge in [-0.1, -0.05) is 91.2 Å². The van der Waals surface area contributed by atoms with Crippen LogP contribution in [0.25, 0.3) is 0 Å². The molecule has 91 heavy (non-hydrogen) atoms. The molecule has 5 saturated carbocycles. The van der Waals surface area contributed by atoms with Crippen molar-refractivity contribution in [1.29, 1.82) is 0 Å². The van der Waals surface area contributed by atoms with Crippen LogP contribution in [0, 0.1) is 30.4 Å². The summed E-state index contributed by atoms with van der Waals surface area (Å²) in [6.45, 7) is 7.50. The maximum Gasteiger partial charge on any atom is 0.320 e. The topological polar surface area (TPSA) is 116 Å². The summed E-state index contributed by atoms with van der Waals surface area (Å²) in [6, 6.07) is 39.2. The molecule has 6 amide bonds. The number of benzene rings is 5. The molecule has 3 heterocycles. The number of nitrogens with zero attached hydrogens (tertiary/aromatic N) is 7. The molecule has 0 unspecified atom stereocenters. The van der Waals surface area contributed by atoms with Gasteiger partial charge in [-0.3, -0.25) is 14.7 Å². The van der Waals surface area contributed by atoms with Crippen molar-refractivity contribution in [2.45, 2.75) is 169 Å². The number of rotatable bonds is 16. The smallest absolute Gasteiger partial charge is 0.320 e. The summed E-state index contributed by atoms with van der Waals surface area (Å²) in [4.78, 5) is 54.3. The van der Waals surface area contributed by atoms with Gasteiger partial charge in [0.15, 0.2) is 0 Å². The average Bonchev–Trinajstić information content (AvgIpc) is 1.78. The standard InChI is InChI=1S/C29H38FN3O2.C24H30FN3O2.C22H33N3O/c1-31(2)29(24-8-5-9-25(30)18-24)16-14-28(15-17-29)21-32(19-23-10-12-26(35-3)13-11-23)27(34)33(28)20-22-6-4-7-22;1-27(2)24(19-5-4-6-20(25)15-19)13-11-23(12-14-24)17-28(22(29)26-23)16-18-7-9-21(30-3)10-8-18;1-17-6-4-9-19(14-17)22(24(2)3)12-10-21(11-13-22)16-23-20(26)25(21)15-18-7-5-8-18/h5,8-13,18,22H,4,6-7,14-17,19-21H2,1-3H3;4-10,15H,11-14,16-17H2,1-3H3,(H,26,29);4,6,9,14,18H,5,7-8,10-13,15-16H2,1-3H3,(H,23,26). The van der Waals surface area contributed by atoms with Crippen molar-refractivity contribution in [3.8, 4) is 11.5 Å². The summed E-state index contributed by atoms with van der Waals surface area (Å²) < 4.78 is 38.6. The van der Waals surface area contributed by atoms with E-state index in [2.05, 4.69) is 127 Å². The maximum atomic E-state index is 14.2. The van der Waals surface area contributed by atoms with Crippen LogP contribution in [0.4, 0.5) is 23.2 Å². The van der Waals surface area contributed by atoms with E-state index >= 15 is 0 Å². The summed E-state index contributed by atoms with van der Waals surface area (Å²) in [5.74, 6) is 2.61. The van der Waals surface area contributed by atoms with E-state index in [0.717, 1.165) is 143 Å². The van der Waals surface area contributed by atoms with Crippen LogP contribution in [0.2, 0.25) is 0 Å². The van der Waals surface area contributed by atoms with E-state index < -0.39 is 0 Å². The minimum Gasteiger partial charge on any atom is -0.497 e. The van der Waals surface area contributed by atoms with Crippen molar-refractivity contribution in [3.63, 3.8) is 0 Å². The summed E-state index contributed by atoms with van der Waals surface area (Å²) in [5, 5.41) is 6.43. The molecule has 3 spiro atoms. The molecule has 5 aromatic rings. The van der Waals surface area contributed by atoms with Crippen molar-refractivity contribution in [3.05, 3.63) is 166 Å². The van der Waals surface area contributed by atoms with E-state index in [0.29, 0.717) is 25.6 Å². The Labute approximate surface area is 541 Å². The second-order valence-electron chi connectivity index (χ2n) is 29.0. The number of carbonyl (C=O) groups excluding carboxylic acids is 3. The number of halogens is 2. The third kappa shape index (κ3) is 13.4. The number of carbonyl (C=O) groups is 3. The van der Waals surface area contributed by atoms with E-state index in [1.807, 2.05) is 58.3 Å². The third-order valence-corrected chi connectivity index (χ3v) is 23.4. The highest BCUT2D eigenvalue weighted by molar-refractivity contribution is 5.79. The molecule has 14 nitrogen and oxygen atoms in total. The molecule has 5 aromatic carbocycles. The van der Waals surface area contributed by atoms with Gasteiger partial charge < -0.3 is 39.7 Å². The molecule has 5 aliphatic carbocycles. The monoisotopic (exact) mass is 1250 g/mol. The number of urea groups is 3. The summed E-state index contributed by atoms with van der Waals surface area (Å²) in [7, 11) is 16.1. The van der Waals surface area contributed by atoms with Crippen LogP contribution in [-0.4, -0.2) is 158 Å². The minimum absolute atomic E-state index is 0.00562. The maximum absolute atomic E-state index is 14.2. The average molecular weight is 1250 g/mol. The molecule has 0 atom stereocenters. The largest absolute Gasteiger partial charge is 0.497 e. The summed E-state index contributed by atoms with van der Waals surface area (Å²) in [6.07, 6.45) is 19.2. The number of methoxy groups -OCH3 is 2. The molecule has 490 valence electrons. The first-order valence-corrected chi connectivity index (χ1v) is 33.7. The van der Waals surface area contributed by atoms with E-state index in [4.69, 9.17) is 9.47 Å². The van der Waals surface area contributed by atoms with Crippen LogP contribution in [0.1, 0.15) is 149 Å². The number of nitrogens with one attached hydrogen (secondary N) is 2. The van der Waals surface area contributed by atoms with Gasteiger partial charge in [0.25, 0.3) is 0 Å². The van der Waals surface area contributed by atoms with Crippen molar-refractivity contribution in [2.24, 2.45) is 11.8 Å². The minimum atomic E-state index is -0.212. The Hall–Kier alpha value is -6.75. The Morgan fingerprint density at radius 1 is 0.495 bits per heavy atom. The van der Waals surface area contributed by atoms with Crippen LogP contribution in [0.3, 0.4) is 0 Å². The lowest BCUT2D eigenvalue weighted by Gasteiger charge is -2.51. The van der Waals surface area contributed by atoms with Gasteiger partial charge in [0.1, 0.15) is 23.1 Å². The Morgan fingerprint density at radius 2 is 0.923 bits per heavy atom. The van der Waals surface area contributed by atoms with Crippen LogP contribution in [0.15, 0.2) is 121 Å². The van der Waals surface area contributed by atoms with Crippen LogP contribution >= 0.6 is 0 Å². The molecule has 8 aliphatic rings. The predicted octanol–water partition coefficient (Wildman–Crippen LogP) is 13.7. The molecule has 0 bridgehead atoms. The first-order chi connectivity index (χ1) is 43.7. The van der Waals surface area contributed by atoms with E-state index in [-0.39, 0.29) is 63.0 Å². The Balaban J connectivity index is 0.000000142. The molecule has 16 heteroatoms. The number of amides is 6. The fourth-order valence-corrected chi connectivity index (χ4v) is 16.9. The lowest BCUT2D eigenvalue weighted by Crippen LogP contribution is -2.56. The third-order valence-electron chi connectivity index (χ3n) is 23.4. The molecular weight excluding hydrogens is 1140 g/mol. The molecule has 2 N–H and O–H groups in total. The summed E-state index contributed by atoms with van der Waals surface area (Å²) in [5.41, 5.74) is 6.38. The highest BCUT2D eigenvalue weighted by Gasteiger charge is 2.56. The fraction of sp³-hybridized carbons (Fsp3) is 0.560. The predicted molar refractivity (Wildman–Crippen MR) is 356 cm³/mol. The van der Waals surface area contributed by atoms with Gasteiger partial charge in [0, 0.05) is 62.4 Å². The van der Waals surface area contributed by atoms with Gasteiger partial charge in [-0.25, -0.2) is 23.2 Å². The van der Waals surface area contributed by atoms with Gasteiger partial charge in [-0.05, 0) is 240 Å². The zero-order valence-electron chi connectivity index (χ0n) is 55.8. The molecule has 8 fully saturated rings. The zero-order valence-corrected chi connectivity index (χ0v) is 55.8. The lowest BCUT2D eigenvalue weighted by molar-refractivity contribution is 0.0157. The van der Waals surface area contributed by atoms with Gasteiger partial charge in [-0.2, -0.15) is 0 Å². The second-order valence-corrected chi connectivity index (χ2v) is 29.0. The first kappa shape index (κ1) is 65.7. The highest BCUT2D eigenvalue weighted by atomic mass is 19.1. The van der Waals surface area contributed by atoms with E-state index in [9.17, 15) is 23.2 Å².